The Balaban J connectivity index is 1.80. The van der Waals surface area contributed by atoms with Gasteiger partial charge in [-0.15, -0.1) is 0 Å². The Morgan fingerprint density at radius 1 is 1.35 bits per heavy atom. The van der Waals surface area contributed by atoms with Crippen LogP contribution in [0, 0.1) is 6.92 Å². The molecule has 8 heteroatoms. The fourth-order valence-corrected chi connectivity index (χ4v) is 3.36. The van der Waals surface area contributed by atoms with Gasteiger partial charge in [0.2, 0.25) is 5.91 Å². The van der Waals surface area contributed by atoms with Crippen molar-refractivity contribution in [3.63, 3.8) is 0 Å². The van der Waals surface area contributed by atoms with E-state index in [1.807, 2.05) is 6.07 Å². The summed E-state index contributed by atoms with van der Waals surface area (Å²) < 4.78 is 28.8. The van der Waals surface area contributed by atoms with Crippen LogP contribution in [0.2, 0.25) is 5.02 Å². The molecule has 0 aliphatic carbocycles. The quantitative estimate of drug-likeness (QED) is 0.821. The Kier molecular flexibility index (Phi) is 5.79. The predicted octanol–water partition coefficient (Wildman–Crippen LogP) is 2.26. The number of carbonyl (C=O) groups excluding carboxylic acids is 1. The zero-order chi connectivity index (χ0) is 16.9. The van der Waals surface area contributed by atoms with E-state index in [1.165, 1.54) is 0 Å². The molecular weight excluding hydrogens is 340 g/mol. The maximum atomic E-state index is 12.0. The lowest BCUT2D eigenvalue weighted by molar-refractivity contribution is -0.120. The summed E-state index contributed by atoms with van der Waals surface area (Å²) in [6.07, 6.45) is -0.111. The number of hydrogen-bond acceptors (Lipinski definition) is 5. The minimum Gasteiger partial charge on any atom is -0.360 e. The molecule has 1 aromatic carbocycles. The monoisotopic (exact) mass is 356 g/mol. The lowest BCUT2D eigenvalue weighted by Gasteiger charge is -2.07. The van der Waals surface area contributed by atoms with Crippen LogP contribution in [0.3, 0.4) is 0 Å². The number of nitrogens with zero attached hydrogens (tertiary/aromatic N) is 1. The number of hydrogen-bond donors (Lipinski definition) is 1. The van der Waals surface area contributed by atoms with Crippen molar-refractivity contribution in [1.82, 2.24) is 10.5 Å². The van der Waals surface area contributed by atoms with Gasteiger partial charge in [0.05, 0.1) is 11.4 Å². The van der Waals surface area contributed by atoms with E-state index in [0.717, 1.165) is 5.56 Å². The molecule has 2 aromatic rings. The van der Waals surface area contributed by atoms with Gasteiger partial charge in [0.1, 0.15) is 5.75 Å². The molecule has 0 saturated heterocycles. The SMILES string of the molecule is Cc1cc(CS(=O)(=O)CCC(=O)NCc2ccccc2Cl)on1. The Morgan fingerprint density at radius 2 is 2.09 bits per heavy atom. The second kappa shape index (κ2) is 7.61. The van der Waals surface area contributed by atoms with Crippen LogP contribution in [-0.4, -0.2) is 25.2 Å². The highest BCUT2D eigenvalue weighted by Crippen LogP contribution is 2.14. The van der Waals surface area contributed by atoms with Crippen LogP contribution in [0.1, 0.15) is 23.4 Å². The summed E-state index contributed by atoms with van der Waals surface area (Å²) in [4.78, 5) is 11.8. The van der Waals surface area contributed by atoms with Gasteiger partial charge in [0.15, 0.2) is 15.6 Å². The first-order valence-electron chi connectivity index (χ1n) is 6.98. The normalized spacial score (nSPS) is 11.4. The van der Waals surface area contributed by atoms with Gasteiger partial charge < -0.3 is 9.84 Å². The number of carbonyl (C=O) groups is 1. The Labute approximate surface area is 139 Å². The highest BCUT2D eigenvalue weighted by molar-refractivity contribution is 7.90. The topological polar surface area (TPSA) is 89.3 Å². The lowest BCUT2D eigenvalue weighted by Crippen LogP contribution is -2.25. The average molecular weight is 357 g/mol. The molecule has 1 aromatic heterocycles. The molecule has 1 heterocycles. The largest absolute Gasteiger partial charge is 0.360 e. The van der Waals surface area contributed by atoms with E-state index in [9.17, 15) is 13.2 Å². The van der Waals surface area contributed by atoms with Gasteiger partial charge in [-0.3, -0.25) is 4.79 Å². The molecule has 6 nitrogen and oxygen atoms in total. The van der Waals surface area contributed by atoms with Crippen LogP contribution in [-0.2, 0) is 26.9 Å². The first-order chi connectivity index (χ1) is 10.9. The highest BCUT2D eigenvalue weighted by Gasteiger charge is 2.17. The van der Waals surface area contributed by atoms with Gasteiger partial charge in [-0.2, -0.15) is 0 Å². The summed E-state index contributed by atoms with van der Waals surface area (Å²) in [6, 6.07) is 8.70. The molecule has 2 rings (SSSR count). The lowest BCUT2D eigenvalue weighted by atomic mass is 10.2. The first-order valence-corrected chi connectivity index (χ1v) is 9.18. The molecule has 0 saturated carbocycles. The average Bonchev–Trinajstić information content (AvgIpc) is 2.89. The molecule has 0 atom stereocenters. The minimum absolute atomic E-state index is 0.111. The Bertz CT molecular complexity index is 786. The Morgan fingerprint density at radius 3 is 2.74 bits per heavy atom. The zero-order valence-electron chi connectivity index (χ0n) is 12.6. The summed E-state index contributed by atoms with van der Waals surface area (Å²) >= 11 is 5.99. The molecule has 1 N–H and O–H groups in total. The van der Waals surface area contributed by atoms with E-state index < -0.39 is 9.84 Å². The molecule has 1 amide bonds. The fraction of sp³-hybridized carbons (Fsp3) is 0.333. The van der Waals surface area contributed by atoms with Gasteiger partial charge in [0, 0.05) is 24.1 Å². The van der Waals surface area contributed by atoms with E-state index >= 15 is 0 Å². The number of rotatable bonds is 7. The summed E-state index contributed by atoms with van der Waals surface area (Å²) in [5.74, 6) is -0.576. The molecule has 23 heavy (non-hydrogen) atoms. The third kappa shape index (κ3) is 5.69. The minimum atomic E-state index is -3.43. The number of nitrogens with one attached hydrogen (secondary N) is 1. The fourth-order valence-electron chi connectivity index (χ4n) is 1.95. The van der Waals surface area contributed by atoms with E-state index in [-0.39, 0.29) is 36.1 Å². The molecule has 0 fully saturated rings. The van der Waals surface area contributed by atoms with Gasteiger partial charge >= 0.3 is 0 Å². The molecule has 0 aliphatic heterocycles. The molecule has 0 spiro atoms. The van der Waals surface area contributed by atoms with Crippen molar-refractivity contribution in [3.05, 3.63) is 52.4 Å². The van der Waals surface area contributed by atoms with Crippen molar-refractivity contribution in [2.45, 2.75) is 25.6 Å². The van der Waals surface area contributed by atoms with E-state index in [0.29, 0.717) is 10.7 Å². The molecular formula is C15H17ClN2O4S. The standard InChI is InChI=1S/C15H17ClN2O4S/c1-11-8-13(22-18-11)10-23(20,21)7-6-15(19)17-9-12-4-2-3-5-14(12)16/h2-5,8H,6-7,9-10H2,1H3,(H,17,19). The van der Waals surface area contributed by atoms with Crippen LogP contribution >= 0.6 is 11.6 Å². The van der Waals surface area contributed by atoms with E-state index in [4.69, 9.17) is 16.1 Å². The maximum Gasteiger partial charge on any atom is 0.221 e. The van der Waals surface area contributed by atoms with Crippen LogP contribution < -0.4 is 5.32 Å². The van der Waals surface area contributed by atoms with Gasteiger partial charge in [0.25, 0.3) is 0 Å². The maximum absolute atomic E-state index is 12.0. The second-order valence-electron chi connectivity index (χ2n) is 5.14. The van der Waals surface area contributed by atoms with Crippen molar-refractivity contribution < 1.29 is 17.7 Å². The first kappa shape index (κ1) is 17.5. The number of amides is 1. The third-order valence-corrected chi connectivity index (χ3v) is 5.03. The van der Waals surface area contributed by atoms with Gasteiger partial charge in [-0.25, -0.2) is 8.42 Å². The van der Waals surface area contributed by atoms with Crippen molar-refractivity contribution >= 4 is 27.3 Å². The summed E-state index contributed by atoms with van der Waals surface area (Å²) in [7, 11) is -3.43. The predicted molar refractivity (Wildman–Crippen MR) is 86.6 cm³/mol. The summed E-state index contributed by atoms with van der Waals surface area (Å²) in [6.45, 7) is 1.97. The Hall–Kier alpha value is -1.86. The smallest absolute Gasteiger partial charge is 0.221 e. The van der Waals surface area contributed by atoms with E-state index in [2.05, 4.69) is 10.5 Å². The van der Waals surface area contributed by atoms with Crippen molar-refractivity contribution in [1.29, 1.82) is 0 Å². The number of aryl methyl sites for hydroxylation is 1. The molecule has 124 valence electrons. The summed E-state index contributed by atoms with van der Waals surface area (Å²) in [5, 5.41) is 6.85. The zero-order valence-corrected chi connectivity index (χ0v) is 14.2. The molecule has 0 unspecified atom stereocenters. The van der Waals surface area contributed by atoms with E-state index in [1.54, 1.807) is 31.2 Å². The number of sulfone groups is 1. The number of halogens is 1. The van der Waals surface area contributed by atoms with Gasteiger partial charge in [-0.1, -0.05) is 35.0 Å². The van der Waals surface area contributed by atoms with Gasteiger partial charge in [-0.05, 0) is 18.6 Å². The van der Waals surface area contributed by atoms with Crippen molar-refractivity contribution in [2.24, 2.45) is 0 Å². The number of benzene rings is 1. The molecule has 0 radical (unpaired) electrons. The second-order valence-corrected chi connectivity index (χ2v) is 7.74. The van der Waals surface area contributed by atoms with Crippen LogP contribution in [0.15, 0.2) is 34.9 Å². The number of aromatic nitrogens is 1. The molecule has 0 bridgehead atoms. The van der Waals surface area contributed by atoms with Crippen LogP contribution in [0.4, 0.5) is 0 Å². The van der Waals surface area contributed by atoms with Crippen LogP contribution in [0.25, 0.3) is 0 Å². The summed E-state index contributed by atoms with van der Waals surface area (Å²) in [5.41, 5.74) is 1.40. The highest BCUT2D eigenvalue weighted by atomic mass is 35.5. The van der Waals surface area contributed by atoms with Crippen LogP contribution in [0.5, 0.6) is 0 Å². The molecule has 0 aliphatic rings. The van der Waals surface area contributed by atoms with Crippen molar-refractivity contribution in [3.8, 4) is 0 Å². The third-order valence-electron chi connectivity index (χ3n) is 3.11. The van der Waals surface area contributed by atoms with Crippen molar-refractivity contribution in [2.75, 3.05) is 5.75 Å².